The number of carbonyl (C=O) groups is 1. The van der Waals surface area contributed by atoms with Crippen LogP contribution in [0, 0.1) is 5.92 Å². The van der Waals surface area contributed by atoms with Crippen molar-refractivity contribution in [3.8, 4) is 5.75 Å². The van der Waals surface area contributed by atoms with Gasteiger partial charge in [-0.1, -0.05) is 13.8 Å². The van der Waals surface area contributed by atoms with Crippen LogP contribution in [0.4, 0.5) is 5.69 Å². The van der Waals surface area contributed by atoms with Crippen molar-refractivity contribution < 1.29 is 9.90 Å². The van der Waals surface area contributed by atoms with Crippen LogP contribution in [0.3, 0.4) is 0 Å². The molecule has 1 amide bonds. The second-order valence-electron chi connectivity index (χ2n) is 4.86. The number of phenolic OH excluding ortho intramolecular Hbond substituents is 1. The molecule has 2 rings (SSSR count). The first kappa shape index (κ1) is 13.2. The fourth-order valence-corrected chi connectivity index (χ4v) is 2.08. The number of hydrogen-bond acceptors (Lipinski definition) is 2. The number of aromatic hydroxyl groups is 1. The van der Waals surface area contributed by atoms with Gasteiger partial charge in [-0.2, -0.15) is 0 Å². The number of hydrogen-bond donors (Lipinski definition) is 2. The highest BCUT2D eigenvalue weighted by Crippen LogP contribution is 2.21. The summed E-state index contributed by atoms with van der Waals surface area (Å²) in [4.78, 5) is 12.3. The van der Waals surface area contributed by atoms with Gasteiger partial charge in [-0.3, -0.25) is 4.79 Å². The van der Waals surface area contributed by atoms with E-state index in [0.29, 0.717) is 5.69 Å². The van der Waals surface area contributed by atoms with Gasteiger partial charge >= 0.3 is 0 Å². The Morgan fingerprint density at radius 1 is 1.16 bits per heavy atom. The largest absolute Gasteiger partial charge is 0.508 e. The lowest BCUT2D eigenvalue weighted by molar-refractivity contribution is -0.120. The Morgan fingerprint density at radius 3 is 2.26 bits per heavy atom. The third-order valence-corrected chi connectivity index (χ3v) is 2.98. The van der Waals surface area contributed by atoms with Crippen molar-refractivity contribution >= 4 is 11.6 Å². The van der Waals surface area contributed by atoms with Crippen LogP contribution in [0.1, 0.15) is 19.9 Å². The van der Waals surface area contributed by atoms with Crippen molar-refractivity contribution in [2.24, 2.45) is 5.92 Å². The van der Waals surface area contributed by atoms with E-state index in [1.54, 1.807) is 24.3 Å². The summed E-state index contributed by atoms with van der Waals surface area (Å²) in [5, 5.41) is 12.1. The first-order valence-corrected chi connectivity index (χ1v) is 6.30. The topological polar surface area (TPSA) is 54.3 Å². The Hall–Kier alpha value is -2.23. The zero-order valence-electron chi connectivity index (χ0n) is 11.1. The molecule has 0 radical (unpaired) electrons. The highest BCUT2D eigenvalue weighted by atomic mass is 16.3. The lowest BCUT2D eigenvalue weighted by Crippen LogP contribution is -2.29. The molecule has 0 spiro atoms. The quantitative estimate of drug-likeness (QED) is 0.828. The number of anilines is 1. The van der Waals surface area contributed by atoms with E-state index in [1.807, 2.05) is 42.9 Å². The summed E-state index contributed by atoms with van der Waals surface area (Å²) in [7, 11) is 0. The first-order valence-electron chi connectivity index (χ1n) is 6.30. The van der Waals surface area contributed by atoms with Crippen LogP contribution in [0.2, 0.25) is 0 Å². The predicted molar refractivity (Wildman–Crippen MR) is 75.0 cm³/mol. The minimum Gasteiger partial charge on any atom is -0.508 e. The van der Waals surface area contributed by atoms with Crippen LogP contribution in [-0.2, 0) is 4.79 Å². The second kappa shape index (κ2) is 5.61. The summed E-state index contributed by atoms with van der Waals surface area (Å²) < 4.78 is 1.90. The summed E-state index contributed by atoms with van der Waals surface area (Å²) in [5.74, 6) is 0.310. The monoisotopic (exact) mass is 258 g/mol. The molecule has 2 N–H and O–H groups in total. The van der Waals surface area contributed by atoms with Crippen LogP contribution in [0.5, 0.6) is 5.75 Å². The Bertz CT molecular complexity index is 530. The maximum atomic E-state index is 12.3. The molecular formula is C15H18N2O2. The van der Waals surface area contributed by atoms with Crippen LogP contribution in [-0.4, -0.2) is 15.6 Å². The van der Waals surface area contributed by atoms with Crippen LogP contribution in [0.15, 0.2) is 48.8 Å². The number of amides is 1. The summed E-state index contributed by atoms with van der Waals surface area (Å²) in [6, 6.07) is 10.0. The molecule has 1 atom stereocenters. The molecule has 2 aromatic rings. The first-order chi connectivity index (χ1) is 9.08. The smallest absolute Gasteiger partial charge is 0.247 e. The second-order valence-corrected chi connectivity index (χ2v) is 4.86. The van der Waals surface area contributed by atoms with Gasteiger partial charge in [-0.25, -0.2) is 0 Å². The summed E-state index contributed by atoms with van der Waals surface area (Å²) in [6.07, 6.45) is 3.78. The molecule has 0 aliphatic rings. The molecule has 19 heavy (non-hydrogen) atoms. The molecule has 0 aliphatic heterocycles. The van der Waals surface area contributed by atoms with E-state index in [0.717, 1.165) is 0 Å². The van der Waals surface area contributed by atoms with Crippen LogP contribution >= 0.6 is 0 Å². The van der Waals surface area contributed by atoms with Gasteiger partial charge in [0.05, 0.1) is 0 Å². The fourth-order valence-electron chi connectivity index (χ4n) is 2.08. The van der Waals surface area contributed by atoms with Gasteiger partial charge < -0.3 is 15.0 Å². The normalized spacial score (nSPS) is 12.4. The van der Waals surface area contributed by atoms with Crippen molar-refractivity contribution in [1.29, 1.82) is 0 Å². The van der Waals surface area contributed by atoms with Crippen LogP contribution < -0.4 is 5.32 Å². The average Bonchev–Trinajstić information content (AvgIpc) is 2.85. The number of aromatic nitrogens is 1. The van der Waals surface area contributed by atoms with Gasteiger partial charge in [0.1, 0.15) is 11.8 Å². The summed E-state index contributed by atoms with van der Waals surface area (Å²) in [6.45, 7) is 4.03. The molecule has 0 saturated heterocycles. The van der Waals surface area contributed by atoms with Crippen molar-refractivity contribution in [1.82, 2.24) is 4.57 Å². The molecule has 100 valence electrons. The Kier molecular flexibility index (Phi) is 3.90. The average molecular weight is 258 g/mol. The molecule has 0 fully saturated rings. The molecule has 4 nitrogen and oxygen atoms in total. The van der Waals surface area contributed by atoms with Gasteiger partial charge in [0.15, 0.2) is 0 Å². The minimum absolute atomic E-state index is 0.0584. The standard InChI is InChI=1S/C15H18N2O2/c1-11(2)14(17-9-3-4-10-17)15(19)16-12-5-7-13(18)8-6-12/h3-11,14,18H,1-2H3,(H,16,19)/t14-/m1/s1. The van der Waals surface area contributed by atoms with Crippen molar-refractivity contribution in [3.63, 3.8) is 0 Å². The molecule has 1 heterocycles. The minimum atomic E-state index is -0.246. The van der Waals surface area contributed by atoms with Gasteiger partial charge in [-0.05, 0) is 42.3 Å². The maximum absolute atomic E-state index is 12.3. The van der Waals surface area contributed by atoms with Crippen molar-refractivity contribution in [2.45, 2.75) is 19.9 Å². The fraction of sp³-hybridized carbons (Fsp3) is 0.267. The third-order valence-electron chi connectivity index (χ3n) is 2.98. The van der Waals surface area contributed by atoms with E-state index in [4.69, 9.17) is 0 Å². The third kappa shape index (κ3) is 3.16. The lowest BCUT2D eigenvalue weighted by atomic mass is 10.0. The molecule has 1 aromatic heterocycles. The maximum Gasteiger partial charge on any atom is 0.247 e. The summed E-state index contributed by atoms with van der Waals surface area (Å²) >= 11 is 0. The summed E-state index contributed by atoms with van der Waals surface area (Å²) in [5.41, 5.74) is 0.681. The van der Waals surface area contributed by atoms with Gasteiger partial charge in [0.25, 0.3) is 0 Å². The zero-order chi connectivity index (χ0) is 13.8. The van der Waals surface area contributed by atoms with Crippen LogP contribution in [0.25, 0.3) is 0 Å². The molecule has 0 unspecified atom stereocenters. The SMILES string of the molecule is CC(C)[C@H](C(=O)Nc1ccc(O)cc1)n1cccc1. The van der Waals surface area contributed by atoms with E-state index in [2.05, 4.69) is 5.32 Å². The molecule has 0 aliphatic carbocycles. The number of nitrogens with zero attached hydrogens (tertiary/aromatic N) is 1. The Labute approximate surface area is 112 Å². The van der Waals surface area contributed by atoms with Gasteiger partial charge in [-0.15, -0.1) is 0 Å². The Balaban J connectivity index is 2.15. The zero-order valence-corrected chi connectivity index (χ0v) is 11.1. The van der Waals surface area contributed by atoms with Crippen molar-refractivity contribution in [2.75, 3.05) is 5.32 Å². The van der Waals surface area contributed by atoms with Crippen molar-refractivity contribution in [3.05, 3.63) is 48.8 Å². The Morgan fingerprint density at radius 2 is 1.74 bits per heavy atom. The number of rotatable bonds is 4. The number of benzene rings is 1. The van der Waals surface area contributed by atoms with Gasteiger partial charge in [0.2, 0.25) is 5.91 Å². The predicted octanol–water partition coefficient (Wildman–Crippen LogP) is 3.03. The molecule has 0 saturated carbocycles. The molecular weight excluding hydrogens is 240 g/mol. The van der Waals surface area contributed by atoms with Gasteiger partial charge in [0, 0.05) is 18.1 Å². The van der Waals surface area contributed by atoms with E-state index < -0.39 is 0 Å². The molecule has 0 bridgehead atoms. The highest BCUT2D eigenvalue weighted by molar-refractivity contribution is 5.93. The number of phenols is 1. The lowest BCUT2D eigenvalue weighted by Gasteiger charge is -2.22. The van der Waals surface area contributed by atoms with E-state index in [1.165, 1.54) is 0 Å². The number of carbonyl (C=O) groups excluding carboxylic acids is 1. The number of nitrogens with one attached hydrogen (secondary N) is 1. The molecule has 1 aromatic carbocycles. The van der Waals surface area contributed by atoms with E-state index in [9.17, 15) is 9.90 Å². The van der Waals surface area contributed by atoms with E-state index >= 15 is 0 Å². The molecule has 4 heteroatoms. The van der Waals surface area contributed by atoms with E-state index in [-0.39, 0.29) is 23.6 Å². The highest BCUT2D eigenvalue weighted by Gasteiger charge is 2.23.